The van der Waals surface area contributed by atoms with E-state index in [1.54, 1.807) is 0 Å². The molecule has 0 heterocycles. The zero-order valence-corrected chi connectivity index (χ0v) is 8.23. The fraction of sp³-hybridized carbons (Fsp3) is 0.750. The summed E-state index contributed by atoms with van der Waals surface area (Å²) in [5.74, 6) is 0. The third-order valence-corrected chi connectivity index (χ3v) is 1.82. The van der Waals surface area contributed by atoms with Crippen LogP contribution < -0.4 is 0 Å². The summed E-state index contributed by atoms with van der Waals surface area (Å²) in [6.07, 6.45) is 9.01. The molecule has 54 valence electrons. The molecule has 0 aromatic carbocycles. The minimum atomic E-state index is 1.27. The Hall–Kier alpha value is 0.470. The maximum atomic E-state index is 2.27. The second kappa shape index (κ2) is 8.47. The number of halogens is 1. The number of allylic oxidation sites excluding steroid dienone is 1. The monoisotopic (exact) mass is 238 g/mol. The number of rotatable bonds is 5. The molecule has 0 bridgehead atoms. The van der Waals surface area contributed by atoms with Crippen LogP contribution in [0.5, 0.6) is 0 Å². The summed E-state index contributed by atoms with van der Waals surface area (Å²) in [5, 5.41) is 0. The van der Waals surface area contributed by atoms with Crippen LogP contribution in [-0.4, -0.2) is 0 Å². The van der Waals surface area contributed by atoms with E-state index < -0.39 is 0 Å². The molecule has 0 fully saturated rings. The molecule has 0 aliphatic carbocycles. The van der Waals surface area contributed by atoms with Gasteiger partial charge in [-0.3, -0.25) is 0 Å². The van der Waals surface area contributed by atoms with Crippen molar-refractivity contribution in [3.8, 4) is 0 Å². The summed E-state index contributed by atoms with van der Waals surface area (Å²) in [6, 6.07) is 0. The van der Waals surface area contributed by atoms with Gasteiger partial charge in [-0.25, -0.2) is 0 Å². The maximum absolute atomic E-state index is 2.27. The molecule has 0 aromatic heterocycles. The summed E-state index contributed by atoms with van der Waals surface area (Å²) < 4.78 is 2.10. The van der Waals surface area contributed by atoms with Crippen molar-refractivity contribution in [1.82, 2.24) is 0 Å². The molecule has 0 saturated heterocycles. The van der Waals surface area contributed by atoms with Crippen LogP contribution in [0.2, 0.25) is 0 Å². The van der Waals surface area contributed by atoms with E-state index in [2.05, 4.69) is 39.7 Å². The smallest absolute Gasteiger partial charge is 0.0274 e. The van der Waals surface area contributed by atoms with Gasteiger partial charge in [-0.1, -0.05) is 54.9 Å². The van der Waals surface area contributed by atoms with Crippen LogP contribution in [-0.2, 0) is 0 Å². The van der Waals surface area contributed by atoms with Crippen molar-refractivity contribution in [2.75, 3.05) is 0 Å². The Kier molecular flexibility index (Phi) is 8.91. The Balaban J connectivity index is 2.75. The topological polar surface area (TPSA) is 0 Å². The largest absolute Gasteiger partial charge is 0.0785 e. The van der Waals surface area contributed by atoms with E-state index in [9.17, 15) is 0 Å². The molecule has 0 rings (SSSR count). The lowest BCUT2D eigenvalue weighted by Gasteiger charge is -1.92. The van der Waals surface area contributed by atoms with Crippen LogP contribution in [0.1, 0.15) is 39.0 Å². The highest BCUT2D eigenvalue weighted by atomic mass is 127. The van der Waals surface area contributed by atoms with E-state index in [0.29, 0.717) is 0 Å². The van der Waals surface area contributed by atoms with Crippen LogP contribution in [0.15, 0.2) is 10.2 Å². The van der Waals surface area contributed by atoms with Gasteiger partial charge in [0.25, 0.3) is 0 Å². The zero-order valence-electron chi connectivity index (χ0n) is 6.07. The van der Waals surface area contributed by atoms with Crippen molar-refractivity contribution < 1.29 is 0 Å². The normalized spacial score (nSPS) is 10.9. The van der Waals surface area contributed by atoms with E-state index in [1.807, 2.05) is 0 Å². The number of unbranched alkanes of at least 4 members (excludes halogenated alkanes) is 4. The third-order valence-electron chi connectivity index (χ3n) is 1.31. The van der Waals surface area contributed by atoms with Crippen LogP contribution in [0.25, 0.3) is 0 Å². The highest BCUT2D eigenvalue weighted by molar-refractivity contribution is 14.1. The van der Waals surface area contributed by atoms with Gasteiger partial charge in [0, 0.05) is 0 Å². The van der Waals surface area contributed by atoms with Crippen LogP contribution >= 0.6 is 22.6 Å². The van der Waals surface area contributed by atoms with Crippen molar-refractivity contribution >= 4 is 22.6 Å². The molecule has 0 spiro atoms. The van der Waals surface area contributed by atoms with Crippen molar-refractivity contribution in [2.45, 2.75) is 39.0 Å². The summed E-state index contributed by atoms with van der Waals surface area (Å²) in [4.78, 5) is 0. The Labute approximate surface area is 71.9 Å². The van der Waals surface area contributed by atoms with Crippen molar-refractivity contribution in [1.29, 1.82) is 0 Å². The zero-order chi connectivity index (χ0) is 6.95. The fourth-order valence-corrected chi connectivity index (χ4v) is 1.11. The summed E-state index contributed by atoms with van der Waals surface area (Å²) in [5.41, 5.74) is 0. The van der Waals surface area contributed by atoms with Gasteiger partial charge in [-0.05, 0) is 16.9 Å². The molecule has 1 heteroatoms. The predicted molar refractivity (Wildman–Crippen MR) is 51.9 cm³/mol. The molecule has 0 aromatic rings. The molecule has 0 N–H and O–H groups in total. The molecule has 0 aliphatic rings. The van der Waals surface area contributed by atoms with Crippen LogP contribution in [0.4, 0.5) is 0 Å². The molecule has 0 radical (unpaired) electrons. The molecule has 0 atom stereocenters. The SMILES string of the molecule is CCCCCC/C=C/I. The Morgan fingerprint density at radius 2 is 2.00 bits per heavy atom. The third kappa shape index (κ3) is 8.47. The van der Waals surface area contributed by atoms with Crippen molar-refractivity contribution in [2.24, 2.45) is 0 Å². The Morgan fingerprint density at radius 1 is 1.22 bits per heavy atom. The van der Waals surface area contributed by atoms with Gasteiger partial charge in [0.1, 0.15) is 0 Å². The Morgan fingerprint density at radius 3 is 2.56 bits per heavy atom. The van der Waals surface area contributed by atoms with E-state index in [4.69, 9.17) is 0 Å². The van der Waals surface area contributed by atoms with E-state index >= 15 is 0 Å². The molecule has 0 nitrogen and oxygen atoms in total. The summed E-state index contributed by atoms with van der Waals surface area (Å²) >= 11 is 2.27. The van der Waals surface area contributed by atoms with Gasteiger partial charge in [0.05, 0.1) is 0 Å². The first-order valence-corrected chi connectivity index (χ1v) is 4.91. The minimum absolute atomic E-state index is 1.27. The average molecular weight is 238 g/mol. The van der Waals surface area contributed by atoms with Crippen LogP contribution in [0.3, 0.4) is 0 Å². The van der Waals surface area contributed by atoms with Crippen molar-refractivity contribution in [3.05, 3.63) is 10.2 Å². The highest BCUT2D eigenvalue weighted by Gasteiger charge is 1.82. The van der Waals surface area contributed by atoms with Gasteiger partial charge in [-0.15, -0.1) is 0 Å². The standard InChI is InChI=1S/C8H15I/c1-2-3-4-5-6-7-8-9/h7-8H,2-6H2,1H3/b8-7+. The molecule has 9 heavy (non-hydrogen) atoms. The lowest BCUT2D eigenvalue weighted by atomic mass is 10.2. The molecule has 0 aliphatic heterocycles. The van der Waals surface area contributed by atoms with Gasteiger partial charge >= 0.3 is 0 Å². The lowest BCUT2D eigenvalue weighted by Crippen LogP contribution is -1.72. The molecule has 0 unspecified atom stereocenters. The highest BCUT2D eigenvalue weighted by Crippen LogP contribution is 2.03. The van der Waals surface area contributed by atoms with Gasteiger partial charge in [-0.2, -0.15) is 0 Å². The fourth-order valence-electron chi connectivity index (χ4n) is 0.752. The van der Waals surface area contributed by atoms with E-state index in [1.165, 1.54) is 32.1 Å². The number of hydrogen-bond donors (Lipinski definition) is 0. The second-order valence-electron chi connectivity index (χ2n) is 2.21. The molecular formula is C8H15I. The summed E-state index contributed by atoms with van der Waals surface area (Å²) in [6.45, 7) is 2.24. The average Bonchev–Trinajstić information content (AvgIpc) is 1.89. The van der Waals surface area contributed by atoms with E-state index in [-0.39, 0.29) is 0 Å². The molecule has 0 saturated carbocycles. The first-order valence-electron chi connectivity index (χ1n) is 3.67. The van der Waals surface area contributed by atoms with Crippen LogP contribution in [0, 0.1) is 0 Å². The van der Waals surface area contributed by atoms with Gasteiger partial charge < -0.3 is 0 Å². The lowest BCUT2D eigenvalue weighted by molar-refractivity contribution is 0.675. The van der Waals surface area contributed by atoms with Gasteiger partial charge in [0.2, 0.25) is 0 Å². The summed E-state index contributed by atoms with van der Waals surface area (Å²) in [7, 11) is 0. The Bertz CT molecular complexity index is 67.0. The first-order chi connectivity index (χ1) is 4.41. The molecule has 0 amide bonds. The minimum Gasteiger partial charge on any atom is -0.0785 e. The number of hydrogen-bond acceptors (Lipinski definition) is 0. The molecular weight excluding hydrogens is 223 g/mol. The maximum Gasteiger partial charge on any atom is -0.0274 e. The van der Waals surface area contributed by atoms with E-state index in [0.717, 1.165) is 0 Å². The predicted octanol–water partition coefficient (Wildman–Crippen LogP) is 3.91. The van der Waals surface area contributed by atoms with Crippen molar-refractivity contribution in [3.63, 3.8) is 0 Å². The van der Waals surface area contributed by atoms with Gasteiger partial charge in [0.15, 0.2) is 0 Å². The quantitative estimate of drug-likeness (QED) is 0.503. The second-order valence-corrected chi connectivity index (χ2v) is 2.93. The first kappa shape index (κ1) is 9.47.